The molecule has 4 aromatic rings. The van der Waals surface area contributed by atoms with Gasteiger partial charge in [-0.25, -0.2) is 4.79 Å². The number of aromatic nitrogens is 4. The first kappa shape index (κ1) is 25.9. The average molecular weight is 546 g/mol. The van der Waals surface area contributed by atoms with Crippen molar-refractivity contribution in [2.45, 2.75) is 12.5 Å². The Labute approximate surface area is 228 Å². The number of hydrogen-bond acceptors (Lipinski definition) is 7. The van der Waals surface area contributed by atoms with Crippen LogP contribution in [-0.4, -0.2) is 73.7 Å². The molecule has 1 aromatic heterocycles. The van der Waals surface area contributed by atoms with Crippen molar-refractivity contribution in [3.05, 3.63) is 95.3 Å². The fourth-order valence-electron chi connectivity index (χ4n) is 4.58. The van der Waals surface area contributed by atoms with Gasteiger partial charge in [-0.1, -0.05) is 48.0 Å². The van der Waals surface area contributed by atoms with E-state index in [1.54, 1.807) is 35.2 Å². The Morgan fingerprint density at radius 1 is 0.974 bits per heavy atom. The number of hydrogen-bond donors (Lipinski definition) is 2. The Morgan fingerprint density at radius 2 is 1.79 bits per heavy atom. The Kier molecular flexibility index (Phi) is 7.50. The van der Waals surface area contributed by atoms with Crippen LogP contribution in [0.3, 0.4) is 0 Å². The monoisotopic (exact) mass is 545 g/mol. The number of benzene rings is 3. The Balaban J connectivity index is 1.39. The molecule has 0 bridgehead atoms. The van der Waals surface area contributed by atoms with E-state index in [-0.39, 0.29) is 24.7 Å². The van der Waals surface area contributed by atoms with Gasteiger partial charge < -0.3 is 20.2 Å². The molecule has 2 N–H and O–H groups in total. The summed E-state index contributed by atoms with van der Waals surface area (Å²) < 4.78 is 1.41. The van der Waals surface area contributed by atoms with Gasteiger partial charge in [0.25, 0.3) is 0 Å². The highest BCUT2D eigenvalue weighted by atomic mass is 35.5. The van der Waals surface area contributed by atoms with Crippen molar-refractivity contribution in [1.82, 2.24) is 25.1 Å². The lowest BCUT2D eigenvalue weighted by molar-refractivity contribution is -0.147. The quantitative estimate of drug-likeness (QED) is 0.307. The number of tetrazole rings is 1. The van der Waals surface area contributed by atoms with E-state index in [4.69, 9.17) is 11.6 Å². The highest BCUT2D eigenvalue weighted by Crippen LogP contribution is 2.30. The molecule has 0 aliphatic carbocycles. The van der Waals surface area contributed by atoms with Crippen molar-refractivity contribution in [2.24, 2.45) is 0 Å². The number of halogens is 1. The zero-order valence-electron chi connectivity index (χ0n) is 20.6. The lowest BCUT2D eigenvalue weighted by atomic mass is 10.0. The molecule has 1 aliphatic heterocycles. The minimum atomic E-state index is -1.03. The number of nitrogens with zero attached hydrogens (tertiary/aromatic N) is 6. The molecular formula is C27H24ClN7O4. The van der Waals surface area contributed by atoms with Crippen LogP contribution < -0.4 is 10.2 Å². The summed E-state index contributed by atoms with van der Waals surface area (Å²) >= 11 is 6.24. The number of amides is 2. The Morgan fingerprint density at radius 3 is 2.54 bits per heavy atom. The third kappa shape index (κ3) is 5.73. The molecule has 39 heavy (non-hydrogen) atoms. The van der Waals surface area contributed by atoms with Crippen molar-refractivity contribution in [2.75, 3.05) is 29.9 Å². The SMILES string of the molecule is O=C(O)c1cccc(NC[C@H](Cc2ccccc2)N2CCN(c3cc(Cl)ccc3-n3cnnn3)C(=O)C2=O)c1. The third-order valence-electron chi connectivity index (χ3n) is 6.48. The Hall–Kier alpha value is -4.77. The number of carboxylic acid groups (broad SMARTS) is 1. The normalized spacial score (nSPS) is 14.4. The molecule has 0 radical (unpaired) electrons. The van der Waals surface area contributed by atoms with E-state index in [0.29, 0.717) is 35.1 Å². The molecule has 1 atom stereocenters. The Bertz CT molecular complexity index is 1500. The van der Waals surface area contributed by atoms with E-state index in [2.05, 4.69) is 20.8 Å². The van der Waals surface area contributed by atoms with Crippen molar-refractivity contribution < 1.29 is 19.5 Å². The summed E-state index contributed by atoms with van der Waals surface area (Å²) in [6.45, 7) is 0.824. The van der Waals surface area contributed by atoms with Crippen LogP contribution in [0.2, 0.25) is 5.02 Å². The van der Waals surface area contributed by atoms with E-state index < -0.39 is 17.8 Å². The van der Waals surface area contributed by atoms with Gasteiger partial charge in [-0.05, 0) is 58.8 Å². The molecule has 198 valence electrons. The second kappa shape index (κ2) is 11.3. The molecule has 5 rings (SSSR count). The van der Waals surface area contributed by atoms with Gasteiger partial charge in [-0.3, -0.25) is 9.59 Å². The van der Waals surface area contributed by atoms with Crippen LogP contribution in [0, 0.1) is 0 Å². The highest BCUT2D eigenvalue weighted by Gasteiger charge is 2.38. The van der Waals surface area contributed by atoms with Gasteiger partial charge in [-0.15, -0.1) is 5.10 Å². The summed E-state index contributed by atoms with van der Waals surface area (Å²) in [5, 5.41) is 24.2. The number of piperazine rings is 1. The minimum Gasteiger partial charge on any atom is -0.478 e. The number of aromatic carboxylic acids is 1. The lowest BCUT2D eigenvalue weighted by Crippen LogP contribution is -2.59. The van der Waals surface area contributed by atoms with Crippen molar-refractivity contribution >= 4 is 40.8 Å². The predicted octanol–water partition coefficient (Wildman–Crippen LogP) is 2.91. The molecule has 1 saturated heterocycles. The number of rotatable bonds is 9. The van der Waals surface area contributed by atoms with E-state index in [0.717, 1.165) is 5.56 Å². The topological polar surface area (TPSA) is 134 Å². The lowest BCUT2D eigenvalue weighted by Gasteiger charge is -2.39. The van der Waals surface area contributed by atoms with E-state index in [1.807, 2.05) is 30.3 Å². The smallest absolute Gasteiger partial charge is 0.335 e. The van der Waals surface area contributed by atoms with Crippen LogP contribution >= 0.6 is 11.6 Å². The average Bonchev–Trinajstić information content (AvgIpc) is 3.48. The fourth-order valence-corrected chi connectivity index (χ4v) is 4.75. The second-order valence-electron chi connectivity index (χ2n) is 8.95. The van der Waals surface area contributed by atoms with Crippen molar-refractivity contribution in [3.8, 4) is 5.69 Å². The van der Waals surface area contributed by atoms with Gasteiger partial charge in [0.2, 0.25) is 0 Å². The van der Waals surface area contributed by atoms with Crippen LogP contribution in [0.15, 0.2) is 79.1 Å². The highest BCUT2D eigenvalue weighted by molar-refractivity contribution is 6.41. The number of carboxylic acids is 1. The van der Waals surface area contributed by atoms with Crippen LogP contribution in [0.25, 0.3) is 5.69 Å². The van der Waals surface area contributed by atoms with Gasteiger partial charge in [-0.2, -0.15) is 4.68 Å². The number of carbonyl (C=O) groups excluding carboxylic acids is 2. The first-order valence-corrected chi connectivity index (χ1v) is 12.5. The molecule has 0 spiro atoms. The summed E-state index contributed by atoms with van der Waals surface area (Å²) in [7, 11) is 0. The molecule has 3 aromatic carbocycles. The van der Waals surface area contributed by atoms with E-state index in [9.17, 15) is 19.5 Å². The molecule has 11 nitrogen and oxygen atoms in total. The maximum Gasteiger partial charge on any atom is 0.335 e. The van der Waals surface area contributed by atoms with Gasteiger partial charge in [0.15, 0.2) is 0 Å². The zero-order chi connectivity index (χ0) is 27.4. The zero-order valence-corrected chi connectivity index (χ0v) is 21.4. The summed E-state index contributed by atoms with van der Waals surface area (Å²) in [4.78, 5) is 41.3. The summed E-state index contributed by atoms with van der Waals surface area (Å²) in [6, 6.07) is 20.7. The minimum absolute atomic E-state index is 0.152. The summed E-state index contributed by atoms with van der Waals surface area (Å²) in [5.41, 5.74) is 2.70. The molecule has 12 heteroatoms. The number of carbonyl (C=O) groups is 3. The van der Waals surface area contributed by atoms with E-state index in [1.165, 1.54) is 28.0 Å². The van der Waals surface area contributed by atoms with Gasteiger partial charge >= 0.3 is 17.8 Å². The van der Waals surface area contributed by atoms with Gasteiger partial charge in [0.1, 0.15) is 6.33 Å². The fraction of sp³-hybridized carbons (Fsp3) is 0.185. The first-order valence-electron chi connectivity index (χ1n) is 12.2. The molecular weight excluding hydrogens is 522 g/mol. The predicted molar refractivity (Wildman–Crippen MR) is 144 cm³/mol. The number of anilines is 2. The molecule has 0 saturated carbocycles. The maximum atomic E-state index is 13.5. The molecule has 0 unspecified atom stereocenters. The van der Waals surface area contributed by atoms with Gasteiger partial charge in [0.05, 0.1) is 23.0 Å². The molecule has 1 aliphatic rings. The maximum absolute atomic E-state index is 13.5. The summed E-state index contributed by atoms with van der Waals surface area (Å²) in [5.74, 6) is -2.37. The largest absolute Gasteiger partial charge is 0.478 e. The van der Waals surface area contributed by atoms with Crippen LogP contribution in [0.4, 0.5) is 11.4 Å². The summed E-state index contributed by atoms with van der Waals surface area (Å²) in [6.07, 6.45) is 1.90. The molecule has 2 heterocycles. The van der Waals surface area contributed by atoms with Crippen LogP contribution in [0.5, 0.6) is 0 Å². The van der Waals surface area contributed by atoms with Gasteiger partial charge in [0, 0.05) is 30.3 Å². The van der Waals surface area contributed by atoms with Crippen LogP contribution in [-0.2, 0) is 16.0 Å². The molecule has 1 fully saturated rings. The van der Waals surface area contributed by atoms with E-state index >= 15 is 0 Å². The molecule has 2 amide bonds. The standard InChI is InChI=1S/C27H24ClN7O4/c28-20-9-10-23(35-17-30-31-32-35)24(15-20)34-12-11-33(25(36)26(34)37)22(13-18-5-2-1-3-6-18)16-29-21-8-4-7-19(14-21)27(38)39/h1-10,14-15,17,22,29H,11-13,16H2,(H,38,39)/t22-/m0/s1. The first-order chi connectivity index (χ1) is 18.9. The van der Waals surface area contributed by atoms with Crippen molar-refractivity contribution in [3.63, 3.8) is 0 Å². The second-order valence-corrected chi connectivity index (χ2v) is 9.39. The van der Waals surface area contributed by atoms with Crippen LogP contribution in [0.1, 0.15) is 15.9 Å². The van der Waals surface area contributed by atoms with Crippen molar-refractivity contribution in [1.29, 1.82) is 0 Å². The number of nitrogens with one attached hydrogen (secondary N) is 1. The third-order valence-corrected chi connectivity index (χ3v) is 6.72.